The summed E-state index contributed by atoms with van der Waals surface area (Å²) in [4.78, 5) is 11.8. The molecule has 21 heavy (non-hydrogen) atoms. The molecule has 4 heteroatoms. The van der Waals surface area contributed by atoms with Gasteiger partial charge in [-0.05, 0) is 43.4 Å². The van der Waals surface area contributed by atoms with E-state index < -0.39 is 5.60 Å². The summed E-state index contributed by atoms with van der Waals surface area (Å²) in [5.74, 6) is 2.80. The van der Waals surface area contributed by atoms with E-state index in [2.05, 4.69) is 12.2 Å². The van der Waals surface area contributed by atoms with Gasteiger partial charge in [-0.2, -0.15) is 0 Å². The smallest absolute Gasteiger partial charge is 0.244 e. The summed E-state index contributed by atoms with van der Waals surface area (Å²) in [5, 5.41) is 12.9. The topological polar surface area (TPSA) is 62.5 Å². The second-order valence-electron chi connectivity index (χ2n) is 6.54. The van der Waals surface area contributed by atoms with Crippen LogP contribution >= 0.6 is 0 Å². The van der Waals surface area contributed by atoms with Crippen LogP contribution in [0.5, 0.6) is 0 Å². The predicted octanol–water partition coefficient (Wildman–Crippen LogP) is 2.84. The molecule has 114 valence electrons. The number of aliphatic hydroxyl groups is 1. The van der Waals surface area contributed by atoms with E-state index in [1.54, 1.807) is 6.08 Å². The monoisotopic (exact) mass is 289 g/mol. The SMILES string of the molecule is CC1CC1c1ccc(C=CC(=O)NCC2(O)CCCC2)o1. The van der Waals surface area contributed by atoms with Gasteiger partial charge in [-0.1, -0.05) is 19.8 Å². The van der Waals surface area contributed by atoms with Crippen LogP contribution in [-0.2, 0) is 4.79 Å². The molecule has 2 saturated carbocycles. The number of hydrogen-bond donors (Lipinski definition) is 2. The van der Waals surface area contributed by atoms with Crippen molar-refractivity contribution >= 4 is 12.0 Å². The quantitative estimate of drug-likeness (QED) is 0.819. The second kappa shape index (κ2) is 5.68. The minimum atomic E-state index is -0.705. The molecule has 2 aliphatic carbocycles. The highest BCUT2D eigenvalue weighted by atomic mass is 16.3. The number of hydrogen-bond acceptors (Lipinski definition) is 3. The first-order valence-corrected chi connectivity index (χ1v) is 7.84. The lowest BCUT2D eigenvalue weighted by molar-refractivity contribution is -0.117. The van der Waals surface area contributed by atoms with E-state index in [9.17, 15) is 9.90 Å². The first-order chi connectivity index (χ1) is 10.1. The number of amides is 1. The van der Waals surface area contributed by atoms with Crippen LogP contribution in [0.3, 0.4) is 0 Å². The van der Waals surface area contributed by atoms with Gasteiger partial charge in [-0.15, -0.1) is 0 Å². The van der Waals surface area contributed by atoms with E-state index in [0.29, 0.717) is 24.1 Å². The van der Waals surface area contributed by atoms with Crippen molar-refractivity contribution in [2.75, 3.05) is 6.54 Å². The molecule has 0 saturated heterocycles. The van der Waals surface area contributed by atoms with Gasteiger partial charge < -0.3 is 14.8 Å². The zero-order valence-electron chi connectivity index (χ0n) is 12.5. The van der Waals surface area contributed by atoms with Crippen LogP contribution in [0, 0.1) is 5.92 Å². The Morgan fingerprint density at radius 2 is 2.19 bits per heavy atom. The van der Waals surface area contributed by atoms with E-state index in [-0.39, 0.29) is 5.91 Å². The summed E-state index contributed by atoms with van der Waals surface area (Å²) in [5.41, 5.74) is -0.705. The van der Waals surface area contributed by atoms with Gasteiger partial charge in [0.15, 0.2) is 0 Å². The highest BCUT2D eigenvalue weighted by Crippen LogP contribution is 2.47. The fraction of sp³-hybridized carbons (Fsp3) is 0.588. The van der Waals surface area contributed by atoms with Gasteiger partial charge in [0.05, 0.1) is 5.60 Å². The van der Waals surface area contributed by atoms with Gasteiger partial charge in [0.1, 0.15) is 11.5 Å². The molecule has 1 aromatic heterocycles. The van der Waals surface area contributed by atoms with E-state index in [4.69, 9.17) is 4.42 Å². The van der Waals surface area contributed by atoms with Crippen molar-refractivity contribution in [2.45, 2.75) is 50.5 Å². The normalized spacial score (nSPS) is 27.1. The zero-order chi connectivity index (χ0) is 14.9. The first-order valence-electron chi connectivity index (χ1n) is 7.84. The standard InChI is InChI=1S/C17H23NO3/c1-12-10-14(12)15-6-4-13(21-15)5-7-16(19)18-11-17(20)8-2-3-9-17/h4-7,12,14,20H,2-3,8-11H2,1H3,(H,18,19). The maximum absolute atomic E-state index is 11.8. The summed E-state index contributed by atoms with van der Waals surface area (Å²) in [7, 11) is 0. The molecule has 2 atom stereocenters. The van der Waals surface area contributed by atoms with E-state index in [1.807, 2.05) is 12.1 Å². The molecular formula is C17H23NO3. The zero-order valence-corrected chi connectivity index (χ0v) is 12.5. The van der Waals surface area contributed by atoms with Crippen LogP contribution in [0.1, 0.15) is 56.5 Å². The molecular weight excluding hydrogens is 266 g/mol. The molecule has 0 radical (unpaired) electrons. The van der Waals surface area contributed by atoms with Crippen molar-refractivity contribution in [3.63, 3.8) is 0 Å². The van der Waals surface area contributed by atoms with Crippen LogP contribution in [-0.4, -0.2) is 23.2 Å². The summed E-state index contributed by atoms with van der Waals surface area (Å²) < 4.78 is 5.71. The van der Waals surface area contributed by atoms with E-state index >= 15 is 0 Å². The van der Waals surface area contributed by atoms with E-state index in [1.165, 1.54) is 12.5 Å². The average molecular weight is 289 g/mol. The molecule has 2 aliphatic rings. The summed E-state index contributed by atoms with van der Waals surface area (Å²) in [6.45, 7) is 2.54. The fourth-order valence-corrected chi connectivity index (χ4v) is 3.05. The Morgan fingerprint density at radius 1 is 1.48 bits per heavy atom. The Balaban J connectivity index is 1.48. The third kappa shape index (κ3) is 3.56. The van der Waals surface area contributed by atoms with Crippen molar-refractivity contribution in [2.24, 2.45) is 5.92 Å². The molecule has 2 fully saturated rings. The van der Waals surface area contributed by atoms with Gasteiger partial charge in [0, 0.05) is 18.5 Å². The average Bonchev–Trinajstić information content (AvgIpc) is 2.89. The third-order valence-corrected chi connectivity index (χ3v) is 4.65. The highest BCUT2D eigenvalue weighted by molar-refractivity contribution is 5.91. The molecule has 0 spiro atoms. The lowest BCUT2D eigenvalue weighted by atomic mass is 10.0. The van der Waals surface area contributed by atoms with Gasteiger partial charge in [0.2, 0.25) is 5.91 Å². The molecule has 0 bridgehead atoms. The van der Waals surface area contributed by atoms with Gasteiger partial charge in [-0.3, -0.25) is 4.79 Å². The molecule has 2 N–H and O–H groups in total. The number of carbonyl (C=O) groups is 1. The van der Waals surface area contributed by atoms with Crippen molar-refractivity contribution < 1.29 is 14.3 Å². The number of furan rings is 1. The maximum atomic E-state index is 11.8. The van der Waals surface area contributed by atoms with Gasteiger partial charge >= 0.3 is 0 Å². The largest absolute Gasteiger partial charge is 0.461 e. The Kier molecular flexibility index (Phi) is 3.89. The summed E-state index contributed by atoms with van der Waals surface area (Å²) in [6, 6.07) is 3.89. The van der Waals surface area contributed by atoms with Gasteiger partial charge in [0.25, 0.3) is 0 Å². The molecule has 0 aromatic carbocycles. The minimum absolute atomic E-state index is 0.187. The van der Waals surface area contributed by atoms with Gasteiger partial charge in [-0.25, -0.2) is 0 Å². The summed E-state index contributed by atoms with van der Waals surface area (Å²) >= 11 is 0. The Bertz CT molecular complexity index is 540. The molecule has 1 amide bonds. The number of nitrogens with one attached hydrogen (secondary N) is 1. The molecule has 1 heterocycles. The highest BCUT2D eigenvalue weighted by Gasteiger charge is 2.36. The van der Waals surface area contributed by atoms with Crippen LogP contribution in [0.2, 0.25) is 0 Å². The molecule has 4 nitrogen and oxygen atoms in total. The van der Waals surface area contributed by atoms with Crippen LogP contribution < -0.4 is 5.32 Å². The first kappa shape index (κ1) is 14.4. The summed E-state index contributed by atoms with van der Waals surface area (Å²) in [6.07, 6.45) is 7.97. The molecule has 3 rings (SSSR count). The number of carbonyl (C=O) groups excluding carboxylic acids is 1. The molecule has 1 aromatic rings. The van der Waals surface area contributed by atoms with Crippen LogP contribution in [0.25, 0.3) is 6.08 Å². The lowest BCUT2D eigenvalue weighted by Gasteiger charge is -2.21. The minimum Gasteiger partial charge on any atom is -0.461 e. The second-order valence-corrected chi connectivity index (χ2v) is 6.54. The lowest BCUT2D eigenvalue weighted by Crippen LogP contribution is -2.40. The third-order valence-electron chi connectivity index (χ3n) is 4.65. The number of rotatable bonds is 5. The van der Waals surface area contributed by atoms with Crippen LogP contribution in [0.15, 0.2) is 22.6 Å². The van der Waals surface area contributed by atoms with Crippen molar-refractivity contribution in [1.82, 2.24) is 5.32 Å². The maximum Gasteiger partial charge on any atom is 0.244 e. The van der Waals surface area contributed by atoms with Crippen molar-refractivity contribution in [3.05, 3.63) is 29.7 Å². The van der Waals surface area contributed by atoms with E-state index in [0.717, 1.165) is 31.4 Å². The Hall–Kier alpha value is -1.55. The Morgan fingerprint density at radius 3 is 2.86 bits per heavy atom. The fourth-order valence-electron chi connectivity index (χ4n) is 3.05. The van der Waals surface area contributed by atoms with Crippen molar-refractivity contribution in [1.29, 1.82) is 0 Å². The van der Waals surface area contributed by atoms with Crippen LogP contribution in [0.4, 0.5) is 0 Å². The molecule has 2 unspecified atom stereocenters. The Labute approximate surface area is 125 Å². The molecule has 0 aliphatic heterocycles. The van der Waals surface area contributed by atoms with Crippen molar-refractivity contribution in [3.8, 4) is 0 Å². The predicted molar refractivity (Wildman–Crippen MR) is 80.7 cm³/mol.